The van der Waals surface area contributed by atoms with Crippen LogP contribution in [0.4, 0.5) is 0 Å². The summed E-state index contributed by atoms with van der Waals surface area (Å²) in [5.74, 6) is -0.399. The van der Waals surface area contributed by atoms with E-state index in [0.717, 1.165) is 11.1 Å². The number of carbonyl (C=O) groups is 1. The normalized spacial score (nSPS) is 11.4. The minimum atomic E-state index is -1.34. The second-order valence-corrected chi connectivity index (χ2v) is 7.60. The number of carbonyl (C=O) groups excluding carboxylic acids is 1. The molecular weight excluding hydrogens is 360 g/mol. The first kappa shape index (κ1) is 19.5. The molecule has 2 aromatic carbocycles. The lowest BCUT2D eigenvalue weighted by Gasteiger charge is -2.23. The highest BCUT2D eigenvalue weighted by Crippen LogP contribution is 2.34. The molecule has 146 valence electrons. The third-order valence-electron chi connectivity index (χ3n) is 4.23. The summed E-state index contributed by atoms with van der Waals surface area (Å²) in [5.41, 5.74) is 1.87. The highest BCUT2D eigenvalue weighted by atomic mass is 16.5. The number of benzene rings is 2. The first-order valence-corrected chi connectivity index (χ1v) is 8.82. The van der Waals surface area contributed by atoms with Gasteiger partial charge in [0.1, 0.15) is 30.0 Å². The van der Waals surface area contributed by atoms with E-state index in [-0.39, 0.29) is 27.9 Å². The fraction of sp³-hybridized carbons (Fsp3) is 0.273. The fourth-order valence-electron chi connectivity index (χ4n) is 2.83. The minimum absolute atomic E-state index is 0.0743. The van der Waals surface area contributed by atoms with E-state index in [1.165, 1.54) is 24.5 Å². The van der Waals surface area contributed by atoms with Gasteiger partial charge in [-0.2, -0.15) is 0 Å². The van der Waals surface area contributed by atoms with Gasteiger partial charge in [0.15, 0.2) is 0 Å². The zero-order chi connectivity index (χ0) is 20.5. The molecule has 6 nitrogen and oxygen atoms in total. The van der Waals surface area contributed by atoms with Crippen molar-refractivity contribution in [2.45, 2.75) is 33.1 Å². The molecule has 1 heterocycles. The van der Waals surface area contributed by atoms with Crippen molar-refractivity contribution in [1.82, 2.24) is 0 Å². The lowest BCUT2D eigenvalue weighted by Crippen LogP contribution is -2.28. The zero-order valence-electron chi connectivity index (χ0n) is 16.2. The van der Waals surface area contributed by atoms with Crippen LogP contribution >= 0.6 is 0 Å². The van der Waals surface area contributed by atoms with Gasteiger partial charge in [-0.25, -0.2) is 0 Å². The van der Waals surface area contributed by atoms with Gasteiger partial charge in [-0.05, 0) is 30.5 Å². The molecule has 0 aliphatic heterocycles. The highest BCUT2D eigenvalue weighted by Gasteiger charge is 2.21. The lowest BCUT2D eigenvalue weighted by molar-refractivity contribution is -0.307. The molecule has 0 fully saturated rings. The molecular formula is C22H21O6-. The molecule has 0 amide bonds. The predicted octanol–water partition coefficient (Wildman–Crippen LogP) is 3.32. The van der Waals surface area contributed by atoms with Crippen LogP contribution in [-0.2, 0) is 10.2 Å². The Morgan fingerprint density at radius 3 is 2.54 bits per heavy atom. The maximum absolute atomic E-state index is 12.8. The molecule has 0 bridgehead atoms. The largest absolute Gasteiger partial charge is 0.546 e. The molecule has 3 rings (SSSR count). The maximum Gasteiger partial charge on any atom is 0.235 e. The van der Waals surface area contributed by atoms with E-state index in [2.05, 4.69) is 20.8 Å². The van der Waals surface area contributed by atoms with E-state index >= 15 is 0 Å². The molecule has 0 saturated heterocycles. The Kier molecular flexibility index (Phi) is 5.14. The molecule has 0 N–H and O–H groups in total. The lowest BCUT2D eigenvalue weighted by atomic mass is 9.85. The summed E-state index contributed by atoms with van der Waals surface area (Å²) in [6, 6.07) is 10.3. The SMILES string of the molecule is Cc1ccc(Oc2coc3cc(OCC(=O)[O-])ccc3c2=O)c(C(C)(C)C)c1. The van der Waals surface area contributed by atoms with E-state index in [1.807, 2.05) is 25.1 Å². The Morgan fingerprint density at radius 2 is 1.86 bits per heavy atom. The molecule has 1 aromatic heterocycles. The zero-order valence-corrected chi connectivity index (χ0v) is 16.2. The second kappa shape index (κ2) is 7.38. The van der Waals surface area contributed by atoms with Crippen molar-refractivity contribution in [3.63, 3.8) is 0 Å². The quantitative estimate of drug-likeness (QED) is 0.674. The summed E-state index contributed by atoms with van der Waals surface area (Å²) < 4.78 is 16.5. The third-order valence-corrected chi connectivity index (χ3v) is 4.23. The Hall–Kier alpha value is -3.28. The standard InChI is InChI=1S/C22H22O6/c1-13-5-8-17(16(9-13)22(2,3)4)28-19-11-27-18-10-14(26-12-20(23)24)6-7-15(18)21(19)25/h5-11H,12H2,1-4H3,(H,23,24)/p-1. The number of hydrogen-bond acceptors (Lipinski definition) is 6. The first-order chi connectivity index (χ1) is 13.1. The molecule has 3 aromatic rings. The summed E-state index contributed by atoms with van der Waals surface area (Å²) >= 11 is 0. The van der Waals surface area contributed by atoms with Crippen molar-refractivity contribution in [2.24, 2.45) is 0 Å². The molecule has 0 aliphatic carbocycles. The van der Waals surface area contributed by atoms with Crippen molar-refractivity contribution < 1.29 is 23.8 Å². The van der Waals surface area contributed by atoms with Gasteiger partial charge < -0.3 is 23.8 Å². The number of fused-ring (bicyclic) bond motifs is 1. The highest BCUT2D eigenvalue weighted by molar-refractivity contribution is 5.79. The van der Waals surface area contributed by atoms with Gasteiger partial charge in [0.05, 0.1) is 11.4 Å². The Balaban J connectivity index is 1.97. The van der Waals surface area contributed by atoms with Crippen LogP contribution in [0.5, 0.6) is 17.2 Å². The Morgan fingerprint density at radius 1 is 1.11 bits per heavy atom. The average Bonchev–Trinajstić information content (AvgIpc) is 2.62. The van der Waals surface area contributed by atoms with Crippen LogP contribution in [0.2, 0.25) is 0 Å². The van der Waals surface area contributed by atoms with E-state index in [0.29, 0.717) is 11.1 Å². The third kappa shape index (κ3) is 4.17. The van der Waals surface area contributed by atoms with Gasteiger partial charge >= 0.3 is 0 Å². The Bertz CT molecular complexity index is 1090. The summed E-state index contributed by atoms with van der Waals surface area (Å²) in [7, 11) is 0. The summed E-state index contributed by atoms with van der Waals surface area (Å²) in [5, 5.41) is 10.8. The topological polar surface area (TPSA) is 88.8 Å². The molecule has 28 heavy (non-hydrogen) atoms. The van der Waals surface area contributed by atoms with Gasteiger partial charge in [-0.3, -0.25) is 4.79 Å². The van der Waals surface area contributed by atoms with Crippen LogP contribution in [0.25, 0.3) is 11.0 Å². The average molecular weight is 381 g/mol. The summed E-state index contributed by atoms with van der Waals surface area (Å²) in [4.78, 5) is 23.3. The molecule has 0 aliphatic rings. The van der Waals surface area contributed by atoms with Crippen molar-refractivity contribution in [1.29, 1.82) is 0 Å². The molecule has 0 atom stereocenters. The fourth-order valence-corrected chi connectivity index (χ4v) is 2.83. The maximum atomic E-state index is 12.8. The van der Waals surface area contributed by atoms with Crippen molar-refractivity contribution in [3.05, 3.63) is 64.0 Å². The number of hydrogen-bond donors (Lipinski definition) is 0. The van der Waals surface area contributed by atoms with E-state index in [4.69, 9.17) is 13.9 Å². The van der Waals surface area contributed by atoms with Gasteiger partial charge in [0, 0.05) is 11.6 Å². The van der Waals surface area contributed by atoms with E-state index in [9.17, 15) is 14.7 Å². The molecule has 0 spiro atoms. The van der Waals surface area contributed by atoms with Crippen LogP contribution in [-0.4, -0.2) is 12.6 Å². The van der Waals surface area contributed by atoms with Gasteiger partial charge in [0.2, 0.25) is 11.2 Å². The van der Waals surface area contributed by atoms with E-state index in [1.54, 1.807) is 0 Å². The number of carboxylic acids is 1. The molecule has 0 unspecified atom stereocenters. The molecule has 0 saturated carbocycles. The van der Waals surface area contributed by atoms with Gasteiger partial charge in [-0.15, -0.1) is 0 Å². The van der Waals surface area contributed by atoms with Crippen LogP contribution in [0, 0.1) is 6.92 Å². The summed E-state index contributed by atoms with van der Waals surface area (Å²) in [6.45, 7) is 7.65. The van der Waals surface area contributed by atoms with Crippen LogP contribution in [0.1, 0.15) is 31.9 Å². The first-order valence-electron chi connectivity index (χ1n) is 8.82. The van der Waals surface area contributed by atoms with Crippen LogP contribution in [0.3, 0.4) is 0 Å². The second-order valence-electron chi connectivity index (χ2n) is 7.60. The van der Waals surface area contributed by atoms with Crippen molar-refractivity contribution in [3.8, 4) is 17.2 Å². The smallest absolute Gasteiger partial charge is 0.235 e. The molecule has 0 radical (unpaired) electrons. The van der Waals surface area contributed by atoms with Crippen LogP contribution in [0.15, 0.2) is 51.9 Å². The van der Waals surface area contributed by atoms with Gasteiger partial charge in [-0.1, -0.05) is 38.5 Å². The Labute approximate surface area is 162 Å². The number of aryl methyl sites for hydroxylation is 1. The monoisotopic (exact) mass is 381 g/mol. The summed E-state index contributed by atoms with van der Waals surface area (Å²) in [6.07, 6.45) is 1.25. The predicted molar refractivity (Wildman–Crippen MR) is 103 cm³/mol. The van der Waals surface area contributed by atoms with Gasteiger partial charge in [0.25, 0.3) is 0 Å². The molecule has 6 heteroatoms. The number of ether oxygens (including phenoxy) is 2. The minimum Gasteiger partial charge on any atom is -0.546 e. The van der Waals surface area contributed by atoms with E-state index < -0.39 is 12.6 Å². The van der Waals surface area contributed by atoms with Crippen molar-refractivity contribution in [2.75, 3.05) is 6.61 Å². The number of carboxylic acid groups (broad SMARTS) is 1. The number of aliphatic carboxylic acids is 1. The van der Waals surface area contributed by atoms with Crippen molar-refractivity contribution >= 4 is 16.9 Å². The number of rotatable bonds is 5. The van der Waals surface area contributed by atoms with Crippen LogP contribution < -0.4 is 20.0 Å².